The van der Waals surface area contributed by atoms with Gasteiger partial charge in [-0.3, -0.25) is 9.59 Å². The van der Waals surface area contributed by atoms with Crippen molar-refractivity contribution in [2.75, 3.05) is 33.2 Å². The maximum atomic E-state index is 12.9. The number of nitrogens with one attached hydrogen (secondary N) is 1. The molecule has 1 N–H and O–H groups in total. The van der Waals surface area contributed by atoms with Crippen molar-refractivity contribution in [3.05, 3.63) is 89.0 Å². The average Bonchev–Trinajstić information content (AvgIpc) is 3.35. The second-order valence-electron chi connectivity index (χ2n) is 9.26. The second-order valence-corrected chi connectivity index (χ2v) is 10.3. The topological polar surface area (TPSA) is 65.5 Å². The number of alkyl halides is 3. The normalized spacial score (nSPS) is 14.6. The first kappa shape index (κ1) is 25.9. The first-order valence-corrected chi connectivity index (χ1v) is 12.9. The maximum absolute atomic E-state index is 12.9. The summed E-state index contributed by atoms with van der Waals surface area (Å²) in [5.41, 5.74) is 2.25. The summed E-state index contributed by atoms with van der Waals surface area (Å²) >= 11 is 1.43. The zero-order valence-corrected chi connectivity index (χ0v) is 21.4. The van der Waals surface area contributed by atoms with E-state index in [0.29, 0.717) is 29.8 Å². The van der Waals surface area contributed by atoms with Gasteiger partial charge >= 0.3 is 6.18 Å². The van der Waals surface area contributed by atoms with Gasteiger partial charge in [-0.1, -0.05) is 24.3 Å². The number of benzene rings is 3. The van der Waals surface area contributed by atoms with Crippen LogP contribution in [-0.4, -0.2) is 59.8 Å². The predicted octanol–water partition coefficient (Wildman–Crippen LogP) is 5.30. The van der Waals surface area contributed by atoms with E-state index >= 15 is 0 Å². The third kappa shape index (κ3) is 5.71. The summed E-state index contributed by atoms with van der Waals surface area (Å²) in [7, 11) is 2.05. The quantitative estimate of drug-likeness (QED) is 0.375. The highest BCUT2D eigenvalue weighted by atomic mass is 32.1. The van der Waals surface area contributed by atoms with E-state index in [1.807, 2.05) is 36.2 Å². The zero-order valence-electron chi connectivity index (χ0n) is 20.6. The lowest BCUT2D eigenvalue weighted by Gasteiger charge is -2.32. The molecular weight excluding hydrogens is 513 g/mol. The van der Waals surface area contributed by atoms with Gasteiger partial charge in [0.2, 0.25) is 0 Å². The fourth-order valence-corrected chi connectivity index (χ4v) is 5.29. The van der Waals surface area contributed by atoms with Crippen LogP contribution in [-0.2, 0) is 12.7 Å². The third-order valence-electron chi connectivity index (χ3n) is 6.53. The Bertz CT molecular complexity index is 1480. The summed E-state index contributed by atoms with van der Waals surface area (Å²) in [5.74, 6) is -0.360. The van der Waals surface area contributed by atoms with Crippen LogP contribution >= 0.6 is 11.3 Å². The Kier molecular flexibility index (Phi) is 7.18. The van der Waals surface area contributed by atoms with Crippen molar-refractivity contribution in [3.63, 3.8) is 0 Å². The molecule has 0 aliphatic carbocycles. The Morgan fingerprint density at radius 2 is 1.66 bits per heavy atom. The average molecular weight is 539 g/mol. The van der Waals surface area contributed by atoms with Crippen molar-refractivity contribution in [3.8, 4) is 10.6 Å². The lowest BCUT2D eigenvalue weighted by molar-refractivity contribution is -0.137. The second kappa shape index (κ2) is 10.5. The number of halogens is 3. The number of carbonyl (C=O) groups excluding carboxylic acids is 2. The van der Waals surface area contributed by atoms with Gasteiger partial charge in [-0.15, -0.1) is 11.3 Å². The van der Waals surface area contributed by atoms with Crippen LogP contribution < -0.4 is 5.32 Å². The first-order chi connectivity index (χ1) is 18.2. The molecule has 38 heavy (non-hydrogen) atoms. The fraction of sp³-hybridized carbons (Fsp3) is 0.250. The van der Waals surface area contributed by atoms with Gasteiger partial charge in [0, 0.05) is 49.4 Å². The molecule has 0 unspecified atom stereocenters. The summed E-state index contributed by atoms with van der Waals surface area (Å²) in [6.07, 6.45) is -4.44. The summed E-state index contributed by atoms with van der Waals surface area (Å²) in [5, 5.41) is 3.45. The molecule has 6 nitrogen and oxygen atoms in total. The van der Waals surface area contributed by atoms with E-state index in [4.69, 9.17) is 0 Å². The predicted molar refractivity (Wildman–Crippen MR) is 141 cm³/mol. The van der Waals surface area contributed by atoms with Gasteiger partial charge in [-0.25, -0.2) is 4.98 Å². The lowest BCUT2D eigenvalue weighted by atomic mass is 10.1. The summed E-state index contributed by atoms with van der Waals surface area (Å²) in [6.45, 7) is 3.13. The van der Waals surface area contributed by atoms with Crippen LogP contribution in [0.5, 0.6) is 0 Å². The number of rotatable bonds is 5. The Hall–Kier alpha value is -3.76. The molecule has 2 amide bonds. The minimum atomic E-state index is -4.44. The Labute approximate surface area is 221 Å². The van der Waals surface area contributed by atoms with Crippen molar-refractivity contribution in [1.82, 2.24) is 20.1 Å². The van der Waals surface area contributed by atoms with Crippen LogP contribution in [0, 0.1) is 0 Å². The minimum Gasteiger partial charge on any atom is -0.348 e. The molecule has 2 heterocycles. The number of thiazole rings is 1. The summed E-state index contributed by atoms with van der Waals surface area (Å²) < 4.78 is 39.6. The fourth-order valence-electron chi connectivity index (χ4n) is 4.28. The van der Waals surface area contributed by atoms with E-state index in [-0.39, 0.29) is 18.4 Å². The molecule has 1 saturated heterocycles. The molecule has 196 valence electrons. The number of hydrogen-bond acceptors (Lipinski definition) is 5. The van der Waals surface area contributed by atoms with Gasteiger partial charge in [-0.05, 0) is 55.1 Å². The highest BCUT2D eigenvalue weighted by molar-refractivity contribution is 7.21. The van der Waals surface area contributed by atoms with Crippen LogP contribution in [0.3, 0.4) is 0 Å². The first-order valence-electron chi connectivity index (χ1n) is 12.1. The Balaban J connectivity index is 1.26. The number of hydrogen-bond donors (Lipinski definition) is 1. The van der Waals surface area contributed by atoms with Gasteiger partial charge in [0.05, 0.1) is 15.8 Å². The van der Waals surface area contributed by atoms with Crippen LogP contribution in [0.15, 0.2) is 66.7 Å². The number of nitrogens with zero attached hydrogens (tertiary/aromatic N) is 3. The molecule has 0 saturated carbocycles. The van der Waals surface area contributed by atoms with E-state index in [0.717, 1.165) is 46.0 Å². The molecule has 3 aromatic carbocycles. The molecule has 4 aromatic rings. The van der Waals surface area contributed by atoms with E-state index in [1.54, 1.807) is 18.2 Å². The maximum Gasteiger partial charge on any atom is 0.416 e. The largest absolute Gasteiger partial charge is 0.416 e. The third-order valence-corrected chi connectivity index (χ3v) is 7.59. The van der Waals surface area contributed by atoms with Crippen LogP contribution in [0.4, 0.5) is 13.2 Å². The van der Waals surface area contributed by atoms with Gasteiger partial charge in [0.1, 0.15) is 5.01 Å². The SMILES string of the molecule is CN1CCN(C(=O)c2ccc(-c3nc4ccc(C(=O)NCc5cccc(C(F)(F)F)c5)cc4s3)cc2)CC1. The number of carbonyl (C=O) groups is 2. The van der Waals surface area contributed by atoms with Crippen LogP contribution in [0.2, 0.25) is 0 Å². The molecule has 1 fully saturated rings. The standard InChI is InChI=1S/C28H25F3N4O2S/c1-34-11-13-35(14-12-34)27(37)20-7-5-19(6-8-20)26-33-23-10-9-21(16-24(23)38-26)25(36)32-17-18-3-2-4-22(15-18)28(29,30)31/h2-10,15-16H,11-14,17H2,1H3,(H,32,36). The summed E-state index contributed by atoms with van der Waals surface area (Å²) in [4.78, 5) is 34.2. The lowest BCUT2D eigenvalue weighted by Crippen LogP contribution is -2.47. The number of fused-ring (bicyclic) bond motifs is 1. The van der Waals surface area contributed by atoms with E-state index in [1.165, 1.54) is 23.5 Å². The van der Waals surface area contributed by atoms with Gasteiger partial charge < -0.3 is 15.1 Å². The number of likely N-dealkylation sites (N-methyl/N-ethyl adjacent to an activating group) is 1. The van der Waals surface area contributed by atoms with Gasteiger partial charge in [0.15, 0.2) is 0 Å². The molecule has 0 radical (unpaired) electrons. The smallest absolute Gasteiger partial charge is 0.348 e. The molecule has 10 heteroatoms. The highest BCUT2D eigenvalue weighted by Crippen LogP contribution is 2.32. The van der Waals surface area contributed by atoms with Gasteiger partial charge in [-0.2, -0.15) is 13.2 Å². The van der Waals surface area contributed by atoms with E-state index in [9.17, 15) is 22.8 Å². The van der Waals surface area contributed by atoms with Crippen molar-refractivity contribution in [2.24, 2.45) is 0 Å². The van der Waals surface area contributed by atoms with Crippen molar-refractivity contribution in [2.45, 2.75) is 12.7 Å². The van der Waals surface area contributed by atoms with Gasteiger partial charge in [0.25, 0.3) is 11.8 Å². The zero-order chi connectivity index (χ0) is 26.9. The van der Waals surface area contributed by atoms with E-state index < -0.39 is 11.7 Å². The highest BCUT2D eigenvalue weighted by Gasteiger charge is 2.30. The Morgan fingerprint density at radius 1 is 0.947 bits per heavy atom. The monoisotopic (exact) mass is 538 g/mol. The van der Waals surface area contributed by atoms with Crippen molar-refractivity contribution in [1.29, 1.82) is 0 Å². The van der Waals surface area contributed by atoms with E-state index in [2.05, 4.69) is 15.2 Å². The molecule has 5 rings (SSSR count). The molecular formula is C28H25F3N4O2S. The molecule has 1 aromatic heterocycles. The molecule has 1 aliphatic heterocycles. The van der Waals surface area contributed by atoms with Crippen LogP contribution in [0.1, 0.15) is 31.8 Å². The number of piperazine rings is 1. The molecule has 1 aliphatic rings. The van der Waals surface area contributed by atoms with Crippen molar-refractivity contribution < 1.29 is 22.8 Å². The number of amides is 2. The minimum absolute atomic E-state index is 0.0199. The van der Waals surface area contributed by atoms with Crippen LogP contribution in [0.25, 0.3) is 20.8 Å². The number of aromatic nitrogens is 1. The molecule has 0 bridgehead atoms. The van der Waals surface area contributed by atoms with Crippen molar-refractivity contribution >= 4 is 33.4 Å². The Morgan fingerprint density at radius 3 is 2.37 bits per heavy atom. The summed E-state index contributed by atoms with van der Waals surface area (Å²) in [6, 6.07) is 17.4. The molecule has 0 spiro atoms. The molecule has 0 atom stereocenters.